The molecule has 0 atom stereocenters. The van der Waals surface area contributed by atoms with Gasteiger partial charge in [0.1, 0.15) is 0 Å². The van der Waals surface area contributed by atoms with E-state index in [1.807, 2.05) is 44.2 Å². The lowest BCUT2D eigenvalue weighted by molar-refractivity contribution is 0.0948. The van der Waals surface area contributed by atoms with Gasteiger partial charge < -0.3 is 9.88 Å². The number of para-hydroxylation sites is 1. The first-order chi connectivity index (χ1) is 15.7. The van der Waals surface area contributed by atoms with Crippen molar-refractivity contribution in [2.75, 3.05) is 11.3 Å². The van der Waals surface area contributed by atoms with E-state index in [2.05, 4.69) is 27.6 Å². The Morgan fingerprint density at radius 3 is 2.42 bits per heavy atom. The molecule has 0 unspecified atom stereocenters. The zero-order valence-corrected chi connectivity index (χ0v) is 20.2. The van der Waals surface area contributed by atoms with Gasteiger partial charge in [0.2, 0.25) is 0 Å². The molecule has 0 saturated heterocycles. The Morgan fingerprint density at radius 2 is 1.70 bits per heavy atom. The first-order valence-electron chi connectivity index (χ1n) is 11.1. The third-order valence-electron chi connectivity index (χ3n) is 5.78. The van der Waals surface area contributed by atoms with Crippen LogP contribution < -0.4 is 10.0 Å². The number of benzene rings is 3. The molecule has 0 saturated carbocycles. The van der Waals surface area contributed by atoms with E-state index in [9.17, 15) is 13.2 Å². The molecule has 6 nitrogen and oxygen atoms in total. The Balaban J connectivity index is 1.68. The summed E-state index contributed by atoms with van der Waals surface area (Å²) >= 11 is 0. The Labute approximate surface area is 194 Å². The van der Waals surface area contributed by atoms with Gasteiger partial charge >= 0.3 is 0 Å². The van der Waals surface area contributed by atoms with E-state index in [0.29, 0.717) is 23.7 Å². The molecule has 3 aromatic carbocycles. The summed E-state index contributed by atoms with van der Waals surface area (Å²) in [4.78, 5) is 12.6. The van der Waals surface area contributed by atoms with Gasteiger partial charge in [0.15, 0.2) is 0 Å². The molecule has 0 radical (unpaired) electrons. The number of fused-ring (bicyclic) bond motifs is 3. The molecule has 0 spiro atoms. The van der Waals surface area contributed by atoms with Crippen molar-refractivity contribution < 1.29 is 13.2 Å². The number of carbonyl (C=O) groups excluding carboxylic acids is 1. The van der Waals surface area contributed by atoms with E-state index in [0.717, 1.165) is 33.9 Å². The lowest BCUT2D eigenvalue weighted by Crippen LogP contribution is -2.28. The topological polar surface area (TPSA) is 80.2 Å². The molecular formula is C26H29N3O3S. The van der Waals surface area contributed by atoms with Gasteiger partial charge in [0.05, 0.1) is 4.90 Å². The van der Waals surface area contributed by atoms with Gasteiger partial charge in [0.25, 0.3) is 15.9 Å². The number of amides is 1. The standard InChI is InChI=1S/C26H29N3O3S/c1-5-29-24-9-7-6-8-21(24)23-14-19(11-13-25(23)29)28-33(31,32)20-12-10-18(4)22(15-20)26(30)27-16-17(2)3/h6-15,17,28H,5,16H2,1-4H3,(H,27,30). The summed E-state index contributed by atoms with van der Waals surface area (Å²) in [6.07, 6.45) is 0. The second kappa shape index (κ2) is 8.90. The minimum absolute atomic E-state index is 0.0545. The number of aryl methyl sites for hydroxylation is 2. The fourth-order valence-corrected chi connectivity index (χ4v) is 5.15. The van der Waals surface area contributed by atoms with Gasteiger partial charge in [-0.1, -0.05) is 38.1 Å². The lowest BCUT2D eigenvalue weighted by atomic mass is 10.1. The number of nitrogens with one attached hydrogen (secondary N) is 2. The smallest absolute Gasteiger partial charge is 0.261 e. The molecule has 2 N–H and O–H groups in total. The molecule has 172 valence electrons. The van der Waals surface area contributed by atoms with Crippen LogP contribution in [0.25, 0.3) is 21.8 Å². The summed E-state index contributed by atoms with van der Waals surface area (Å²) in [5, 5.41) is 4.93. The van der Waals surface area contributed by atoms with E-state index >= 15 is 0 Å². The maximum absolute atomic E-state index is 13.2. The molecule has 4 aromatic rings. The van der Waals surface area contributed by atoms with Crippen molar-refractivity contribution in [3.63, 3.8) is 0 Å². The van der Waals surface area contributed by atoms with Crippen LogP contribution in [-0.4, -0.2) is 25.4 Å². The first kappa shape index (κ1) is 22.9. The van der Waals surface area contributed by atoms with Crippen LogP contribution in [0.5, 0.6) is 0 Å². The third kappa shape index (κ3) is 4.46. The van der Waals surface area contributed by atoms with Crippen LogP contribution >= 0.6 is 0 Å². The average molecular weight is 464 g/mol. The van der Waals surface area contributed by atoms with Crippen LogP contribution in [0, 0.1) is 12.8 Å². The number of hydrogen-bond donors (Lipinski definition) is 2. The summed E-state index contributed by atoms with van der Waals surface area (Å²) < 4.78 is 31.2. The molecule has 33 heavy (non-hydrogen) atoms. The SMILES string of the molecule is CCn1c2ccccc2c2cc(NS(=O)(=O)c3ccc(C)c(C(=O)NCC(C)C)c3)ccc21. The zero-order valence-electron chi connectivity index (χ0n) is 19.3. The molecule has 4 rings (SSSR count). The minimum atomic E-state index is -3.87. The van der Waals surface area contributed by atoms with Crippen molar-refractivity contribution >= 4 is 43.4 Å². The largest absolute Gasteiger partial charge is 0.352 e. The highest BCUT2D eigenvalue weighted by molar-refractivity contribution is 7.92. The molecule has 0 fully saturated rings. The molecule has 0 aliphatic carbocycles. The maximum Gasteiger partial charge on any atom is 0.261 e. The zero-order chi connectivity index (χ0) is 23.8. The fourth-order valence-electron chi connectivity index (χ4n) is 4.08. The molecule has 0 aliphatic rings. The monoisotopic (exact) mass is 463 g/mol. The van der Waals surface area contributed by atoms with E-state index in [1.165, 1.54) is 12.1 Å². The number of hydrogen-bond acceptors (Lipinski definition) is 3. The number of aromatic nitrogens is 1. The molecule has 7 heteroatoms. The number of rotatable bonds is 7. The fraction of sp³-hybridized carbons (Fsp3) is 0.269. The number of carbonyl (C=O) groups is 1. The molecular weight excluding hydrogens is 434 g/mol. The average Bonchev–Trinajstić information content (AvgIpc) is 3.10. The first-order valence-corrected chi connectivity index (χ1v) is 12.6. The highest BCUT2D eigenvalue weighted by Gasteiger charge is 2.19. The predicted molar refractivity (Wildman–Crippen MR) is 134 cm³/mol. The van der Waals surface area contributed by atoms with Gasteiger partial charge in [-0.2, -0.15) is 0 Å². The van der Waals surface area contributed by atoms with Gasteiger partial charge in [-0.15, -0.1) is 0 Å². The molecule has 0 bridgehead atoms. The van der Waals surface area contributed by atoms with E-state index in [4.69, 9.17) is 0 Å². The van der Waals surface area contributed by atoms with E-state index < -0.39 is 10.0 Å². The van der Waals surface area contributed by atoms with Gasteiger partial charge in [0, 0.05) is 46.1 Å². The molecule has 1 heterocycles. The number of sulfonamides is 1. The van der Waals surface area contributed by atoms with Crippen LogP contribution in [0.15, 0.2) is 65.6 Å². The van der Waals surface area contributed by atoms with Crippen molar-refractivity contribution in [2.45, 2.75) is 39.1 Å². The van der Waals surface area contributed by atoms with Gasteiger partial charge in [-0.25, -0.2) is 8.42 Å². The lowest BCUT2D eigenvalue weighted by Gasteiger charge is -2.13. The van der Waals surface area contributed by atoms with E-state index in [1.54, 1.807) is 19.1 Å². The van der Waals surface area contributed by atoms with Crippen LogP contribution in [-0.2, 0) is 16.6 Å². The van der Waals surface area contributed by atoms with Gasteiger partial charge in [-0.05, 0) is 61.7 Å². The number of nitrogens with zero attached hydrogens (tertiary/aromatic N) is 1. The van der Waals surface area contributed by atoms with Crippen LogP contribution in [0.3, 0.4) is 0 Å². The van der Waals surface area contributed by atoms with Crippen LogP contribution in [0.2, 0.25) is 0 Å². The second-order valence-corrected chi connectivity index (χ2v) is 10.4. The molecule has 1 aromatic heterocycles. The van der Waals surface area contributed by atoms with Crippen LogP contribution in [0.4, 0.5) is 5.69 Å². The quantitative estimate of drug-likeness (QED) is 0.390. The Morgan fingerprint density at radius 1 is 0.970 bits per heavy atom. The third-order valence-corrected chi connectivity index (χ3v) is 7.15. The van der Waals surface area contributed by atoms with E-state index in [-0.39, 0.29) is 10.8 Å². The van der Waals surface area contributed by atoms with Crippen molar-refractivity contribution in [2.24, 2.45) is 5.92 Å². The molecule has 1 amide bonds. The highest BCUT2D eigenvalue weighted by atomic mass is 32.2. The summed E-state index contributed by atoms with van der Waals surface area (Å²) in [5.74, 6) is 0.0310. The Bertz CT molecular complexity index is 1450. The van der Waals surface area contributed by atoms with Crippen molar-refractivity contribution in [1.29, 1.82) is 0 Å². The summed E-state index contributed by atoms with van der Waals surface area (Å²) in [6, 6.07) is 18.3. The van der Waals surface area contributed by atoms with Gasteiger partial charge in [-0.3, -0.25) is 9.52 Å². The number of anilines is 1. The predicted octanol–water partition coefficient (Wildman–Crippen LogP) is 5.31. The summed E-state index contributed by atoms with van der Waals surface area (Å²) in [7, 11) is -3.87. The Hall–Kier alpha value is -3.32. The normalized spacial score (nSPS) is 11.9. The maximum atomic E-state index is 13.2. The summed E-state index contributed by atoms with van der Waals surface area (Å²) in [5.41, 5.74) is 3.74. The minimum Gasteiger partial charge on any atom is -0.352 e. The van der Waals surface area contributed by atoms with Crippen molar-refractivity contribution in [3.05, 3.63) is 71.8 Å². The van der Waals surface area contributed by atoms with Crippen LogP contribution in [0.1, 0.15) is 36.7 Å². The van der Waals surface area contributed by atoms with Crippen molar-refractivity contribution in [1.82, 2.24) is 9.88 Å². The van der Waals surface area contributed by atoms with Crippen molar-refractivity contribution in [3.8, 4) is 0 Å². The highest BCUT2D eigenvalue weighted by Crippen LogP contribution is 2.31. The molecule has 0 aliphatic heterocycles. The summed E-state index contributed by atoms with van der Waals surface area (Å²) in [6.45, 7) is 9.25. The Kier molecular flexibility index (Phi) is 6.17. The second-order valence-electron chi connectivity index (χ2n) is 8.68.